The molecule has 1 aliphatic carbocycles. The number of nitrogens with two attached hydrogens (primary N) is 1. The van der Waals surface area contributed by atoms with Crippen LogP contribution in [0.3, 0.4) is 0 Å². The van der Waals surface area contributed by atoms with Crippen LogP contribution in [0.1, 0.15) is 39.5 Å². The molecule has 72 valence electrons. The van der Waals surface area contributed by atoms with Gasteiger partial charge in [-0.2, -0.15) is 0 Å². The zero-order chi connectivity index (χ0) is 9.03. The van der Waals surface area contributed by atoms with Crippen molar-refractivity contribution in [3.05, 3.63) is 0 Å². The number of rotatable bonds is 4. The maximum absolute atomic E-state index is 5.43. The lowest BCUT2D eigenvalue weighted by molar-refractivity contribution is 0.364. The summed E-state index contributed by atoms with van der Waals surface area (Å²) in [7, 11) is 0. The van der Waals surface area contributed by atoms with Crippen molar-refractivity contribution in [2.75, 3.05) is 13.1 Å². The molecule has 1 fully saturated rings. The van der Waals surface area contributed by atoms with Crippen LogP contribution in [0.25, 0.3) is 0 Å². The van der Waals surface area contributed by atoms with Gasteiger partial charge in [0.05, 0.1) is 0 Å². The number of hydrogen-bond acceptors (Lipinski definition) is 2. The summed E-state index contributed by atoms with van der Waals surface area (Å²) >= 11 is 0. The summed E-state index contributed by atoms with van der Waals surface area (Å²) in [5.74, 6) is 0. The number of nitrogens with one attached hydrogen (secondary N) is 1. The number of hydrogen-bond donors (Lipinski definition) is 2. The van der Waals surface area contributed by atoms with E-state index in [2.05, 4.69) is 19.2 Å². The Morgan fingerprint density at radius 2 is 2.25 bits per heavy atom. The first kappa shape index (κ1) is 10.0. The molecule has 3 N–H and O–H groups in total. The van der Waals surface area contributed by atoms with Crippen molar-refractivity contribution in [2.24, 2.45) is 11.1 Å². The Labute approximate surface area is 75.9 Å². The van der Waals surface area contributed by atoms with Crippen molar-refractivity contribution in [2.45, 2.75) is 45.6 Å². The summed E-state index contributed by atoms with van der Waals surface area (Å²) in [5, 5.41) is 3.56. The van der Waals surface area contributed by atoms with Gasteiger partial charge in [-0.3, -0.25) is 0 Å². The van der Waals surface area contributed by atoms with Crippen LogP contribution in [0.5, 0.6) is 0 Å². The topological polar surface area (TPSA) is 38.0 Å². The Balaban J connectivity index is 2.11. The second-order valence-corrected chi connectivity index (χ2v) is 4.70. The highest BCUT2D eigenvalue weighted by molar-refractivity contribution is 4.86. The molecule has 2 heteroatoms. The molecule has 1 unspecified atom stereocenters. The van der Waals surface area contributed by atoms with Gasteiger partial charge in [-0.1, -0.05) is 13.8 Å². The lowest BCUT2D eigenvalue weighted by Gasteiger charge is -2.17. The lowest BCUT2D eigenvalue weighted by atomic mass is 9.92. The molecule has 0 aromatic rings. The first-order chi connectivity index (χ1) is 5.64. The van der Waals surface area contributed by atoms with Gasteiger partial charge in [0.2, 0.25) is 0 Å². The van der Waals surface area contributed by atoms with Crippen LogP contribution in [0.2, 0.25) is 0 Å². The van der Waals surface area contributed by atoms with Crippen LogP contribution in [-0.4, -0.2) is 19.1 Å². The molecule has 12 heavy (non-hydrogen) atoms. The summed E-state index contributed by atoms with van der Waals surface area (Å²) in [6.45, 7) is 6.62. The van der Waals surface area contributed by atoms with Crippen molar-refractivity contribution in [3.63, 3.8) is 0 Å². The van der Waals surface area contributed by atoms with Gasteiger partial charge < -0.3 is 11.1 Å². The third kappa shape index (κ3) is 3.11. The fraction of sp³-hybridized carbons (Fsp3) is 1.00. The quantitative estimate of drug-likeness (QED) is 0.628. The minimum atomic E-state index is 0.570. The third-order valence-electron chi connectivity index (χ3n) is 2.78. The molecule has 0 aromatic heterocycles. The average Bonchev–Trinajstić information content (AvgIpc) is 2.31. The molecular weight excluding hydrogens is 148 g/mol. The van der Waals surface area contributed by atoms with E-state index in [1.165, 1.54) is 19.3 Å². The molecule has 1 rings (SSSR count). The molecule has 1 atom stereocenters. The van der Waals surface area contributed by atoms with Gasteiger partial charge in [0.15, 0.2) is 0 Å². The van der Waals surface area contributed by atoms with Gasteiger partial charge in [-0.25, -0.2) is 0 Å². The van der Waals surface area contributed by atoms with Crippen LogP contribution in [0, 0.1) is 5.41 Å². The summed E-state index contributed by atoms with van der Waals surface area (Å²) in [4.78, 5) is 0. The summed E-state index contributed by atoms with van der Waals surface area (Å²) < 4.78 is 0. The summed E-state index contributed by atoms with van der Waals surface area (Å²) in [6.07, 6.45) is 5.15. The van der Waals surface area contributed by atoms with Crippen molar-refractivity contribution >= 4 is 0 Å². The van der Waals surface area contributed by atoms with Gasteiger partial charge in [0.25, 0.3) is 0 Å². The second-order valence-electron chi connectivity index (χ2n) is 4.70. The molecule has 0 radical (unpaired) electrons. The van der Waals surface area contributed by atoms with Crippen LogP contribution >= 0.6 is 0 Å². The summed E-state index contributed by atoms with van der Waals surface area (Å²) in [6, 6.07) is 0.756. The van der Waals surface area contributed by atoms with Gasteiger partial charge in [0.1, 0.15) is 0 Å². The van der Waals surface area contributed by atoms with Crippen molar-refractivity contribution < 1.29 is 0 Å². The molecule has 0 heterocycles. The molecule has 1 aliphatic rings. The van der Waals surface area contributed by atoms with E-state index in [9.17, 15) is 0 Å². The monoisotopic (exact) mass is 170 g/mol. The van der Waals surface area contributed by atoms with Crippen LogP contribution in [-0.2, 0) is 0 Å². The normalized spacial score (nSPS) is 27.8. The molecule has 0 saturated heterocycles. The molecule has 0 amide bonds. The molecule has 0 spiro atoms. The van der Waals surface area contributed by atoms with E-state index in [-0.39, 0.29) is 0 Å². The fourth-order valence-corrected chi connectivity index (χ4v) is 2.02. The highest BCUT2D eigenvalue weighted by Crippen LogP contribution is 2.36. The van der Waals surface area contributed by atoms with Crippen molar-refractivity contribution in [3.8, 4) is 0 Å². The largest absolute Gasteiger partial charge is 0.330 e. The Morgan fingerprint density at radius 3 is 2.75 bits per heavy atom. The molecule has 1 saturated carbocycles. The maximum atomic E-state index is 5.43. The van der Waals surface area contributed by atoms with E-state index in [0.29, 0.717) is 5.41 Å². The van der Waals surface area contributed by atoms with E-state index in [1.54, 1.807) is 0 Å². The van der Waals surface area contributed by atoms with Crippen LogP contribution in [0.15, 0.2) is 0 Å². The SMILES string of the molecule is CC1(C)CCC(NCCCN)C1. The van der Waals surface area contributed by atoms with Gasteiger partial charge in [-0.05, 0) is 44.2 Å². The standard InChI is InChI=1S/C10H22N2/c1-10(2)5-4-9(8-10)12-7-3-6-11/h9,12H,3-8,11H2,1-2H3. The second kappa shape index (κ2) is 4.24. The Morgan fingerprint density at radius 1 is 1.50 bits per heavy atom. The Kier molecular flexibility index (Phi) is 3.53. The first-order valence-corrected chi connectivity index (χ1v) is 5.07. The van der Waals surface area contributed by atoms with Gasteiger partial charge in [0, 0.05) is 6.04 Å². The first-order valence-electron chi connectivity index (χ1n) is 5.07. The van der Waals surface area contributed by atoms with Crippen molar-refractivity contribution in [1.82, 2.24) is 5.32 Å². The lowest BCUT2D eigenvalue weighted by Crippen LogP contribution is -2.29. The van der Waals surface area contributed by atoms with E-state index in [1.807, 2.05) is 0 Å². The van der Waals surface area contributed by atoms with E-state index in [4.69, 9.17) is 5.73 Å². The van der Waals surface area contributed by atoms with Crippen molar-refractivity contribution in [1.29, 1.82) is 0 Å². The minimum absolute atomic E-state index is 0.570. The fourth-order valence-electron chi connectivity index (χ4n) is 2.02. The maximum Gasteiger partial charge on any atom is 0.00723 e. The molecular formula is C10H22N2. The molecule has 2 nitrogen and oxygen atoms in total. The average molecular weight is 170 g/mol. The highest BCUT2D eigenvalue weighted by Gasteiger charge is 2.29. The van der Waals surface area contributed by atoms with E-state index in [0.717, 1.165) is 25.6 Å². The predicted octanol–water partition coefficient (Wildman–Crippen LogP) is 1.50. The Bertz CT molecular complexity index is 132. The zero-order valence-electron chi connectivity index (χ0n) is 8.40. The van der Waals surface area contributed by atoms with E-state index >= 15 is 0 Å². The minimum Gasteiger partial charge on any atom is -0.330 e. The Hall–Kier alpha value is -0.0800. The van der Waals surface area contributed by atoms with E-state index < -0.39 is 0 Å². The zero-order valence-corrected chi connectivity index (χ0v) is 8.40. The molecule has 0 bridgehead atoms. The van der Waals surface area contributed by atoms with Gasteiger partial charge >= 0.3 is 0 Å². The molecule has 0 aromatic carbocycles. The van der Waals surface area contributed by atoms with Crippen LogP contribution in [0.4, 0.5) is 0 Å². The van der Waals surface area contributed by atoms with Crippen LogP contribution < -0.4 is 11.1 Å². The smallest absolute Gasteiger partial charge is 0.00723 e. The molecule has 0 aliphatic heterocycles. The third-order valence-corrected chi connectivity index (χ3v) is 2.78. The highest BCUT2D eigenvalue weighted by atomic mass is 14.9. The van der Waals surface area contributed by atoms with Gasteiger partial charge in [-0.15, -0.1) is 0 Å². The predicted molar refractivity (Wildman–Crippen MR) is 53.1 cm³/mol. The summed E-state index contributed by atoms with van der Waals surface area (Å²) in [5.41, 5.74) is 6.00.